The number of aromatic carboxylic acids is 1. The quantitative estimate of drug-likeness (QED) is 0.803. The number of amides is 1. The molecule has 5 nitrogen and oxygen atoms in total. The lowest BCUT2D eigenvalue weighted by Gasteiger charge is -2.14. The number of benzene rings is 1. The van der Waals surface area contributed by atoms with Gasteiger partial charge in [0, 0.05) is 12.2 Å². The first kappa shape index (κ1) is 13.5. The van der Waals surface area contributed by atoms with Crippen molar-refractivity contribution in [1.82, 2.24) is 0 Å². The summed E-state index contributed by atoms with van der Waals surface area (Å²) >= 11 is 0. The molecule has 92 valence electrons. The van der Waals surface area contributed by atoms with E-state index in [1.54, 1.807) is 0 Å². The fourth-order valence-corrected chi connectivity index (χ4v) is 2.57. The van der Waals surface area contributed by atoms with E-state index in [0.717, 1.165) is 0 Å². The Morgan fingerprint density at radius 2 is 1.88 bits per heavy atom. The van der Waals surface area contributed by atoms with Crippen LogP contribution in [0.5, 0.6) is 0 Å². The molecule has 17 heavy (non-hydrogen) atoms. The predicted molar refractivity (Wildman–Crippen MR) is 66.8 cm³/mol. The van der Waals surface area contributed by atoms with Crippen molar-refractivity contribution in [1.29, 1.82) is 0 Å². The van der Waals surface area contributed by atoms with E-state index in [4.69, 9.17) is 5.11 Å². The fraction of sp³-hybridized carbons (Fsp3) is 0.273. The zero-order chi connectivity index (χ0) is 13.2. The van der Waals surface area contributed by atoms with Gasteiger partial charge in [-0.25, -0.2) is 4.79 Å². The number of nitrogens with one attached hydrogen (secondary N) is 1. The zero-order valence-electron chi connectivity index (χ0n) is 9.85. The maximum Gasteiger partial charge on any atom is 0.335 e. The molecule has 1 amide bonds. The van der Waals surface area contributed by atoms with Crippen LogP contribution in [0.1, 0.15) is 17.3 Å². The Morgan fingerprint density at radius 1 is 1.29 bits per heavy atom. The summed E-state index contributed by atoms with van der Waals surface area (Å²) in [5.74, 6) is -1.38. The van der Waals surface area contributed by atoms with Gasteiger partial charge in [-0.1, -0.05) is 0 Å². The minimum absolute atomic E-state index is 0.0537. The molecule has 0 aliphatic rings. The molecule has 0 atom stereocenters. The lowest BCUT2D eigenvalue weighted by Crippen LogP contribution is -2.17. The minimum Gasteiger partial charge on any atom is -0.478 e. The lowest BCUT2D eigenvalue weighted by molar-refractivity contribution is -0.114. The molecular formula is C11H14NO4P. The lowest BCUT2D eigenvalue weighted by atomic mass is 10.2. The van der Waals surface area contributed by atoms with Crippen LogP contribution in [-0.2, 0) is 9.36 Å². The number of rotatable bonds is 3. The molecule has 2 N–H and O–H groups in total. The molecule has 1 aromatic carbocycles. The van der Waals surface area contributed by atoms with Gasteiger partial charge in [0.15, 0.2) is 0 Å². The highest BCUT2D eigenvalue weighted by molar-refractivity contribution is 7.70. The summed E-state index contributed by atoms with van der Waals surface area (Å²) in [7, 11) is -2.66. The second-order valence-electron chi connectivity index (χ2n) is 4.07. The Kier molecular flexibility index (Phi) is 3.73. The molecule has 1 rings (SSSR count). The van der Waals surface area contributed by atoms with E-state index in [9.17, 15) is 14.2 Å². The van der Waals surface area contributed by atoms with Crippen molar-refractivity contribution in [3.8, 4) is 0 Å². The third-order valence-corrected chi connectivity index (χ3v) is 3.67. The molecule has 0 aliphatic carbocycles. The van der Waals surface area contributed by atoms with Crippen LogP contribution in [0, 0.1) is 0 Å². The van der Waals surface area contributed by atoms with Crippen molar-refractivity contribution in [2.24, 2.45) is 0 Å². The van der Waals surface area contributed by atoms with Gasteiger partial charge in [-0.3, -0.25) is 4.79 Å². The van der Waals surface area contributed by atoms with Gasteiger partial charge in [-0.2, -0.15) is 0 Å². The van der Waals surface area contributed by atoms with E-state index in [-0.39, 0.29) is 11.5 Å². The van der Waals surface area contributed by atoms with Crippen molar-refractivity contribution >= 4 is 30.0 Å². The molecule has 0 bridgehead atoms. The van der Waals surface area contributed by atoms with Gasteiger partial charge in [0.25, 0.3) is 0 Å². The smallest absolute Gasteiger partial charge is 0.335 e. The van der Waals surface area contributed by atoms with Crippen LogP contribution >= 0.6 is 7.14 Å². The molecule has 0 saturated carbocycles. The number of anilines is 1. The van der Waals surface area contributed by atoms with Crippen molar-refractivity contribution in [3.63, 3.8) is 0 Å². The first-order valence-electron chi connectivity index (χ1n) is 4.92. The molecule has 0 saturated heterocycles. The Hall–Kier alpha value is -1.61. The molecule has 0 fully saturated rings. The van der Waals surface area contributed by atoms with E-state index in [1.165, 1.54) is 38.5 Å². The van der Waals surface area contributed by atoms with E-state index in [1.807, 2.05) is 0 Å². The van der Waals surface area contributed by atoms with E-state index in [0.29, 0.717) is 11.0 Å². The SMILES string of the molecule is CC(=O)Nc1ccc(C(=O)O)cc1P(C)(C)=O. The largest absolute Gasteiger partial charge is 0.478 e. The van der Waals surface area contributed by atoms with E-state index < -0.39 is 13.1 Å². The first-order chi connectivity index (χ1) is 7.71. The Bertz CT molecular complexity index is 518. The van der Waals surface area contributed by atoms with Gasteiger partial charge in [-0.15, -0.1) is 0 Å². The topological polar surface area (TPSA) is 83.5 Å². The number of carbonyl (C=O) groups is 2. The van der Waals surface area contributed by atoms with Crippen LogP contribution in [0.4, 0.5) is 5.69 Å². The molecule has 0 unspecified atom stereocenters. The highest BCUT2D eigenvalue weighted by Gasteiger charge is 2.19. The average molecular weight is 255 g/mol. The second kappa shape index (κ2) is 4.72. The summed E-state index contributed by atoms with van der Waals surface area (Å²) in [5, 5.41) is 11.8. The molecule has 0 aromatic heterocycles. The summed E-state index contributed by atoms with van der Waals surface area (Å²) in [6.45, 7) is 4.39. The summed E-state index contributed by atoms with van der Waals surface area (Å²) in [6.07, 6.45) is 0. The monoisotopic (exact) mass is 255 g/mol. The third kappa shape index (κ3) is 3.43. The van der Waals surface area contributed by atoms with Gasteiger partial charge in [0.2, 0.25) is 5.91 Å². The van der Waals surface area contributed by atoms with Crippen LogP contribution < -0.4 is 10.6 Å². The van der Waals surface area contributed by atoms with Crippen molar-refractivity contribution < 1.29 is 19.3 Å². The molecule has 0 heterocycles. The second-order valence-corrected chi connectivity index (χ2v) is 7.25. The van der Waals surface area contributed by atoms with E-state index in [2.05, 4.69) is 5.32 Å². The molecule has 6 heteroatoms. The van der Waals surface area contributed by atoms with Crippen LogP contribution in [0.25, 0.3) is 0 Å². The Labute approximate surface area is 99.2 Å². The van der Waals surface area contributed by atoms with Crippen molar-refractivity contribution in [2.45, 2.75) is 6.92 Å². The molecule has 1 aromatic rings. The number of carbonyl (C=O) groups excluding carboxylic acids is 1. The van der Waals surface area contributed by atoms with Crippen molar-refractivity contribution in [3.05, 3.63) is 23.8 Å². The normalized spacial score (nSPS) is 11.0. The van der Waals surface area contributed by atoms with Crippen molar-refractivity contribution in [2.75, 3.05) is 18.6 Å². The maximum atomic E-state index is 12.0. The van der Waals surface area contributed by atoms with Gasteiger partial charge >= 0.3 is 5.97 Å². The van der Waals surface area contributed by atoms with Crippen LogP contribution in [0.3, 0.4) is 0 Å². The predicted octanol–water partition coefficient (Wildman–Crippen LogP) is 1.59. The van der Waals surface area contributed by atoms with Gasteiger partial charge < -0.3 is 15.0 Å². The van der Waals surface area contributed by atoms with Gasteiger partial charge in [-0.05, 0) is 31.5 Å². The highest BCUT2D eigenvalue weighted by atomic mass is 31.2. The molecular weight excluding hydrogens is 241 g/mol. The molecule has 0 aliphatic heterocycles. The molecule has 0 spiro atoms. The third-order valence-electron chi connectivity index (χ3n) is 2.14. The number of carboxylic acids is 1. The maximum absolute atomic E-state index is 12.0. The van der Waals surface area contributed by atoms with Gasteiger partial charge in [0.1, 0.15) is 7.14 Å². The summed E-state index contributed by atoms with van der Waals surface area (Å²) in [6, 6.07) is 4.17. The Morgan fingerprint density at radius 3 is 2.29 bits per heavy atom. The highest BCUT2D eigenvalue weighted by Crippen LogP contribution is 2.38. The fourth-order valence-electron chi connectivity index (χ4n) is 1.41. The standard InChI is InChI=1S/C11H14NO4P/c1-7(13)12-9-5-4-8(11(14)15)6-10(9)17(2,3)16/h4-6H,1-3H3,(H,12,13)(H,14,15). The zero-order valence-corrected chi connectivity index (χ0v) is 10.7. The van der Waals surface area contributed by atoms with Crippen LogP contribution in [-0.4, -0.2) is 30.3 Å². The van der Waals surface area contributed by atoms with E-state index >= 15 is 0 Å². The number of carboxylic acid groups (broad SMARTS) is 1. The molecule has 0 radical (unpaired) electrons. The van der Waals surface area contributed by atoms with Crippen LogP contribution in [0.15, 0.2) is 18.2 Å². The average Bonchev–Trinajstić information content (AvgIpc) is 2.15. The first-order valence-corrected chi connectivity index (χ1v) is 7.52. The number of hydrogen-bond acceptors (Lipinski definition) is 3. The minimum atomic E-state index is -2.66. The van der Waals surface area contributed by atoms with Crippen LogP contribution in [0.2, 0.25) is 0 Å². The summed E-state index contributed by atoms with van der Waals surface area (Å²) < 4.78 is 12.0. The summed E-state index contributed by atoms with van der Waals surface area (Å²) in [5.41, 5.74) is 0.453. The van der Waals surface area contributed by atoms with Gasteiger partial charge in [0.05, 0.1) is 11.3 Å². The Balaban J connectivity index is 3.37. The number of hydrogen-bond donors (Lipinski definition) is 2. The summed E-state index contributed by atoms with van der Waals surface area (Å²) in [4.78, 5) is 21.8.